The minimum Gasteiger partial charge on any atom is -0.490 e. The first-order valence-corrected chi connectivity index (χ1v) is 10.6. The van der Waals surface area contributed by atoms with Crippen molar-refractivity contribution in [1.29, 1.82) is 0 Å². The number of aromatic nitrogens is 1. The molecule has 0 radical (unpaired) electrons. The minimum absolute atomic E-state index is 0.0708. The maximum absolute atomic E-state index is 13.2. The van der Waals surface area contributed by atoms with Crippen LogP contribution in [0.4, 0.5) is 0 Å². The van der Waals surface area contributed by atoms with Crippen LogP contribution in [-0.2, 0) is 0 Å². The zero-order chi connectivity index (χ0) is 22.2. The van der Waals surface area contributed by atoms with Crippen LogP contribution in [0.5, 0.6) is 17.2 Å². The lowest BCUT2D eigenvalue weighted by atomic mass is 10.1. The number of carbonyl (C=O) groups excluding carboxylic acids is 2. The van der Waals surface area contributed by atoms with E-state index < -0.39 is 0 Å². The van der Waals surface area contributed by atoms with E-state index in [2.05, 4.69) is 4.98 Å². The molecule has 166 valence electrons. The molecule has 2 heterocycles. The van der Waals surface area contributed by atoms with Crippen LogP contribution in [-0.4, -0.2) is 72.6 Å². The van der Waals surface area contributed by atoms with Gasteiger partial charge < -0.3 is 24.0 Å². The molecular formula is C23H29N3O5. The van der Waals surface area contributed by atoms with Gasteiger partial charge in [0.25, 0.3) is 11.8 Å². The number of ether oxygens (including phenoxy) is 3. The Morgan fingerprint density at radius 2 is 1.35 bits per heavy atom. The highest BCUT2D eigenvalue weighted by Gasteiger charge is 2.27. The van der Waals surface area contributed by atoms with Gasteiger partial charge in [-0.3, -0.25) is 14.6 Å². The van der Waals surface area contributed by atoms with E-state index in [0.29, 0.717) is 74.4 Å². The SMILES string of the molecule is CCOc1cc(C(=O)N2CCN(C(=O)c3cccnc3)CC2)cc(OCC)c1OCC. The quantitative estimate of drug-likeness (QED) is 0.644. The summed E-state index contributed by atoms with van der Waals surface area (Å²) in [5, 5.41) is 0. The van der Waals surface area contributed by atoms with E-state index in [4.69, 9.17) is 14.2 Å². The van der Waals surface area contributed by atoms with E-state index in [1.165, 1.54) is 0 Å². The molecule has 2 aromatic rings. The Morgan fingerprint density at radius 1 is 0.839 bits per heavy atom. The standard InChI is InChI=1S/C23H29N3O5/c1-4-29-19-14-18(15-20(30-5-2)21(19)31-6-3)23(28)26-12-10-25(11-13-26)22(27)17-8-7-9-24-16-17/h7-9,14-16H,4-6,10-13H2,1-3H3. The maximum Gasteiger partial charge on any atom is 0.255 e. The first-order valence-electron chi connectivity index (χ1n) is 10.6. The number of piperazine rings is 1. The van der Waals surface area contributed by atoms with Crippen LogP contribution in [0, 0.1) is 0 Å². The third-order valence-electron chi connectivity index (χ3n) is 4.92. The second-order valence-corrected chi connectivity index (χ2v) is 6.93. The Morgan fingerprint density at radius 3 is 1.81 bits per heavy atom. The summed E-state index contributed by atoms with van der Waals surface area (Å²) in [4.78, 5) is 33.3. The zero-order valence-corrected chi connectivity index (χ0v) is 18.3. The molecule has 0 N–H and O–H groups in total. The molecule has 0 atom stereocenters. The number of carbonyl (C=O) groups is 2. The lowest BCUT2D eigenvalue weighted by molar-refractivity contribution is 0.0535. The highest BCUT2D eigenvalue weighted by molar-refractivity contribution is 5.96. The van der Waals surface area contributed by atoms with E-state index in [-0.39, 0.29) is 11.8 Å². The molecule has 1 aromatic heterocycles. The fraction of sp³-hybridized carbons (Fsp3) is 0.435. The third-order valence-corrected chi connectivity index (χ3v) is 4.92. The second-order valence-electron chi connectivity index (χ2n) is 6.93. The molecule has 3 rings (SSSR count). The van der Waals surface area contributed by atoms with E-state index in [1.807, 2.05) is 20.8 Å². The number of rotatable bonds is 8. The summed E-state index contributed by atoms with van der Waals surface area (Å²) in [6.07, 6.45) is 3.20. The fourth-order valence-electron chi connectivity index (χ4n) is 3.48. The summed E-state index contributed by atoms with van der Waals surface area (Å²) in [7, 11) is 0. The zero-order valence-electron chi connectivity index (χ0n) is 18.3. The highest BCUT2D eigenvalue weighted by Crippen LogP contribution is 2.39. The molecule has 1 aromatic carbocycles. The van der Waals surface area contributed by atoms with Crippen molar-refractivity contribution in [2.75, 3.05) is 46.0 Å². The Labute approximate surface area is 182 Å². The van der Waals surface area contributed by atoms with Gasteiger partial charge in [-0.1, -0.05) is 0 Å². The third kappa shape index (κ3) is 5.25. The van der Waals surface area contributed by atoms with Crippen molar-refractivity contribution in [3.05, 3.63) is 47.8 Å². The molecule has 0 unspecified atom stereocenters. The number of hydrogen-bond acceptors (Lipinski definition) is 6. The van der Waals surface area contributed by atoms with E-state index >= 15 is 0 Å². The smallest absolute Gasteiger partial charge is 0.255 e. The van der Waals surface area contributed by atoms with Crippen LogP contribution < -0.4 is 14.2 Å². The van der Waals surface area contributed by atoms with Gasteiger partial charge in [0.05, 0.1) is 25.4 Å². The van der Waals surface area contributed by atoms with Crippen LogP contribution in [0.25, 0.3) is 0 Å². The molecule has 8 nitrogen and oxygen atoms in total. The van der Waals surface area contributed by atoms with Crippen molar-refractivity contribution in [1.82, 2.24) is 14.8 Å². The Kier molecular flexibility index (Phi) is 7.70. The predicted molar refractivity (Wildman–Crippen MR) is 116 cm³/mol. The first kappa shape index (κ1) is 22.4. The molecule has 1 fully saturated rings. The summed E-state index contributed by atoms with van der Waals surface area (Å²) >= 11 is 0. The normalized spacial score (nSPS) is 13.6. The Balaban J connectivity index is 1.74. The number of hydrogen-bond donors (Lipinski definition) is 0. The summed E-state index contributed by atoms with van der Waals surface area (Å²) in [6.45, 7) is 8.82. The van der Waals surface area contributed by atoms with E-state index in [0.717, 1.165) is 0 Å². The molecule has 2 amide bonds. The van der Waals surface area contributed by atoms with Crippen molar-refractivity contribution in [2.45, 2.75) is 20.8 Å². The summed E-state index contributed by atoms with van der Waals surface area (Å²) in [6, 6.07) is 6.89. The van der Waals surface area contributed by atoms with Gasteiger partial charge in [0.1, 0.15) is 0 Å². The molecule has 0 saturated carbocycles. The van der Waals surface area contributed by atoms with Crippen molar-refractivity contribution < 1.29 is 23.8 Å². The lowest BCUT2D eigenvalue weighted by Crippen LogP contribution is -2.50. The van der Waals surface area contributed by atoms with Crippen LogP contribution >= 0.6 is 0 Å². The van der Waals surface area contributed by atoms with Crippen LogP contribution in [0.15, 0.2) is 36.7 Å². The molecular weight excluding hydrogens is 398 g/mol. The molecule has 0 bridgehead atoms. The topological polar surface area (TPSA) is 81.2 Å². The van der Waals surface area contributed by atoms with Crippen molar-refractivity contribution >= 4 is 11.8 Å². The van der Waals surface area contributed by atoms with Crippen LogP contribution in [0.2, 0.25) is 0 Å². The van der Waals surface area contributed by atoms with Crippen molar-refractivity contribution in [3.63, 3.8) is 0 Å². The van der Waals surface area contributed by atoms with Gasteiger partial charge >= 0.3 is 0 Å². The monoisotopic (exact) mass is 427 g/mol. The van der Waals surface area contributed by atoms with Gasteiger partial charge in [-0.15, -0.1) is 0 Å². The van der Waals surface area contributed by atoms with Gasteiger partial charge in [0, 0.05) is 44.1 Å². The van der Waals surface area contributed by atoms with Gasteiger partial charge in [0.15, 0.2) is 11.5 Å². The first-order chi connectivity index (χ1) is 15.1. The maximum atomic E-state index is 13.2. The van der Waals surface area contributed by atoms with Crippen LogP contribution in [0.3, 0.4) is 0 Å². The fourth-order valence-corrected chi connectivity index (χ4v) is 3.48. The lowest BCUT2D eigenvalue weighted by Gasteiger charge is -2.35. The Hall–Kier alpha value is -3.29. The van der Waals surface area contributed by atoms with Crippen molar-refractivity contribution in [3.8, 4) is 17.2 Å². The molecule has 1 aliphatic rings. The molecule has 1 aliphatic heterocycles. The van der Waals surface area contributed by atoms with E-state index in [1.54, 1.807) is 46.5 Å². The number of benzene rings is 1. The molecule has 8 heteroatoms. The van der Waals surface area contributed by atoms with Crippen LogP contribution in [0.1, 0.15) is 41.5 Å². The van der Waals surface area contributed by atoms with Gasteiger partial charge in [-0.2, -0.15) is 0 Å². The summed E-state index contributed by atoms with van der Waals surface area (Å²) < 4.78 is 17.1. The average Bonchev–Trinajstić information content (AvgIpc) is 2.81. The largest absolute Gasteiger partial charge is 0.490 e. The van der Waals surface area contributed by atoms with E-state index in [9.17, 15) is 9.59 Å². The molecule has 0 aliphatic carbocycles. The average molecular weight is 428 g/mol. The van der Waals surface area contributed by atoms with Gasteiger partial charge in [0.2, 0.25) is 5.75 Å². The number of pyridine rings is 1. The number of amides is 2. The Bertz CT molecular complexity index is 868. The van der Waals surface area contributed by atoms with Crippen molar-refractivity contribution in [2.24, 2.45) is 0 Å². The van der Waals surface area contributed by atoms with Gasteiger partial charge in [-0.05, 0) is 45.0 Å². The summed E-state index contributed by atoms with van der Waals surface area (Å²) in [5.74, 6) is 1.29. The summed E-state index contributed by atoms with van der Waals surface area (Å²) in [5.41, 5.74) is 1.03. The molecule has 0 spiro atoms. The minimum atomic E-state index is -0.126. The number of nitrogens with zero attached hydrogens (tertiary/aromatic N) is 3. The second kappa shape index (κ2) is 10.7. The predicted octanol–water partition coefficient (Wildman–Crippen LogP) is 2.88. The molecule has 1 saturated heterocycles. The highest BCUT2D eigenvalue weighted by atomic mass is 16.5. The van der Waals surface area contributed by atoms with Gasteiger partial charge in [-0.25, -0.2) is 0 Å². The molecule has 31 heavy (non-hydrogen) atoms.